The molecule has 0 bridgehead atoms. The summed E-state index contributed by atoms with van der Waals surface area (Å²) in [5, 5.41) is 1.06. The number of ether oxygens (including phenoxy) is 1. The number of para-hydroxylation sites is 2. The molecular formula is C27H35FN4O. The minimum absolute atomic E-state index is 0.149. The topological polar surface area (TPSA) is 34.7 Å². The largest absolute Gasteiger partial charge is 0.495 e. The average Bonchev–Trinajstić information content (AvgIpc) is 3.28. The smallest absolute Gasteiger partial charge is 0.142 e. The van der Waals surface area contributed by atoms with Crippen LogP contribution < -0.4 is 9.64 Å². The van der Waals surface area contributed by atoms with Gasteiger partial charge in [-0.3, -0.25) is 4.90 Å². The van der Waals surface area contributed by atoms with Gasteiger partial charge in [-0.05, 0) is 87.3 Å². The van der Waals surface area contributed by atoms with Gasteiger partial charge in [-0.25, -0.2) is 4.39 Å². The van der Waals surface area contributed by atoms with Crippen molar-refractivity contribution in [3.05, 3.63) is 60.0 Å². The number of fused-ring (bicyclic) bond motifs is 1. The summed E-state index contributed by atoms with van der Waals surface area (Å²) in [6.07, 6.45) is 5.62. The predicted molar refractivity (Wildman–Crippen MR) is 133 cm³/mol. The Bertz CT molecular complexity index is 1050. The molecule has 6 heteroatoms. The fourth-order valence-corrected chi connectivity index (χ4v) is 5.54. The van der Waals surface area contributed by atoms with Crippen LogP contribution >= 0.6 is 0 Å². The van der Waals surface area contributed by atoms with Gasteiger partial charge in [0.2, 0.25) is 0 Å². The third kappa shape index (κ3) is 5.02. The van der Waals surface area contributed by atoms with Gasteiger partial charge in [-0.2, -0.15) is 0 Å². The lowest BCUT2D eigenvalue weighted by Crippen LogP contribution is -2.47. The van der Waals surface area contributed by atoms with Crippen LogP contribution in [-0.2, 0) is 0 Å². The Kier molecular flexibility index (Phi) is 6.83. The lowest BCUT2D eigenvalue weighted by atomic mass is 9.89. The molecule has 0 unspecified atom stereocenters. The zero-order valence-electron chi connectivity index (χ0n) is 19.6. The van der Waals surface area contributed by atoms with E-state index < -0.39 is 0 Å². The van der Waals surface area contributed by atoms with Gasteiger partial charge >= 0.3 is 0 Å². The number of H-pyrrole nitrogens is 1. The van der Waals surface area contributed by atoms with Crippen molar-refractivity contribution < 1.29 is 9.13 Å². The monoisotopic (exact) mass is 450 g/mol. The third-order valence-electron chi connectivity index (χ3n) is 7.45. The summed E-state index contributed by atoms with van der Waals surface area (Å²) >= 11 is 0. The molecule has 1 aromatic heterocycles. The maximum atomic E-state index is 13.7. The number of aromatic amines is 1. The summed E-state index contributed by atoms with van der Waals surface area (Å²) in [7, 11) is 1.75. The minimum Gasteiger partial charge on any atom is -0.495 e. The van der Waals surface area contributed by atoms with Gasteiger partial charge in [0.25, 0.3) is 0 Å². The van der Waals surface area contributed by atoms with Gasteiger partial charge in [0, 0.05) is 43.3 Å². The fourth-order valence-electron chi connectivity index (χ4n) is 5.54. The molecule has 0 radical (unpaired) electrons. The Morgan fingerprint density at radius 3 is 2.42 bits per heavy atom. The Labute approximate surface area is 196 Å². The van der Waals surface area contributed by atoms with E-state index in [1.807, 2.05) is 18.2 Å². The number of piperidine rings is 1. The molecule has 2 saturated heterocycles. The van der Waals surface area contributed by atoms with Crippen molar-refractivity contribution in [3.63, 3.8) is 0 Å². The first-order valence-electron chi connectivity index (χ1n) is 12.3. The van der Waals surface area contributed by atoms with Crippen LogP contribution in [-0.4, -0.2) is 74.3 Å². The average molecular weight is 451 g/mol. The van der Waals surface area contributed by atoms with E-state index in [4.69, 9.17) is 4.74 Å². The molecule has 1 N–H and O–H groups in total. The van der Waals surface area contributed by atoms with Gasteiger partial charge in [0.05, 0.1) is 12.8 Å². The van der Waals surface area contributed by atoms with E-state index in [-0.39, 0.29) is 5.82 Å². The standard InChI is InChI=1S/C27H35FN4O/c1-33-27-6-3-2-5-26(27)32-17-15-31(16-18-32)12-4-11-30-13-9-21(10-14-30)24-20-29-25-8-7-22(28)19-23(24)25/h2-3,5-8,19-21,29H,4,9-18H2,1H3. The molecule has 0 amide bonds. The molecule has 0 spiro atoms. The minimum atomic E-state index is -0.149. The molecule has 2 aliphatic heterocycles. The van der Waals surface area contributed by atoms with Crippen molar-refractivity contribution in [1.82, 2.24) is 14.8 Å². The molecule has 5 nitrogen and oxygen atoms in total. The second-order valence-electron chi connectivity index (χ2n) is 9.40. The lowest BCUT2D eigenvalue weighted by molar-refractivity contribution is 0.188. The Morgan fingerprint density at radius 1 is 0.939 bits per heavy atom. The first kappa shape index (κ1) is 22.2. The zero-order chi connectivity index (χ0) is 22.6. The maximum absolute atomic E-state index is 13.7. The second kappa shape index (κ2) is 10.1. The number of halogens is 1. The van der Waals surface area contributed by atoms with Crippen LogP contribution in [0.25, 0.3) is 10.9 Å². The van der Waals surface area contributed by atoms with Crippen LogP contribution in [0.15, 0.2) is 48.7 Å². The molecule has 0 saturated carbocycles. The Hall–Kier alpha value is -2.57. The molecule has 3 aromatic rings. The number of methoxy groups -OCH3 is 1. The maximum Gasteiger partial charge on any atom is 0.142 e. The second-order valence-corrected chi connectivity index (χ2v) is 9.40. The third-order valence-corrected chi connectivity index (χ3v) is 7.45. The van der Waals surface area contributed by atoms with E-state index in [1.54, 1.807) is 13.2 Å². The van der Waals surface area contributed by atoms with Crippen molar-refractivity contribution >= 4 is 16.6 Å². The molecule has 33 heavy (non-hydrogen) atoms. The van der Waals surface area contributed by atoms with E-state index >= 15 is 0 Å². The van der Waals surface area contributed by atoms with Gasteiger partial charge in [0.1, 0.15) is 11.6 Å². The highest BCUT2D eigenvalue weighted by Crippen LogP contribution is 2.33. The van der Waals surface area contributed by atoms with E-state index in [2.05, 4.69) is 38.0 Å². The number of hydrogen-bond donors (Lipinski definition) is 1. The summed E-state index contributed by atoms with van der Waals surface area (Å²) in [5.41, 5.74) is 3.54. The number of rotatable bonds is 7. The molecule has 176 valence electrons. The molecule has 2 aromatic carbocycles. The number of benzene rings is 2. The summed E-state index contributed by atoms with van der Waals surface area (Å²) in [6, 6.07) is 13.4. The van der Waals surface area contributed by atoms with Crippen LogP contribution in [0, 0.1) is 5.82 Å². The normalized spacial score (nSPS) is 18.8. The van der Waals surface area contributed by atoms with Crippen molar-refractivity contribution in [3.8, 4) is 5.75 Å². The highest BCUT2D eigenvalue weighted by Gasteiger charge is 2.23. The van der Waals surface area contributed by atoms with E-state index in [0.717, 1.165) is 68.8 Å². The Balaban J connectivity index is 1.04. The van der Waals surface area contributed by atoms with Gasteiger partial charge < -0.3 is 19.5 Å². The molecule has 5 rings (SSSR count). The molecule has 0 aliphatic carbocycles. The number of piperazine rings is 1. The number of aromatic nitrogens is 1. The number of anilines is 1. The van der Waals surface area contributed by atoms with Crippen LogP contribution in [0.3, 0.4) is 0 Å². The SMILES string of the molecule is COc1ccccc1N1CCN(CCCN2CCC(c3c[nH]c4ccc(F)cc34)CC2)CC1. The van der Waals surface area contributed by atoms with Crippen molar-refractivity contribution in [2.45, 2.75) is 25.2 Å². The van der Waals surface area contributed by atoms with Crippen LogP contribution in [0.1, 0.15) is 30.7 Å². The predicted octanol–water partition coefficient (Wildman–Crippen LogP) is 4.71. The molecule has 2 aliphatic rings. The highest BCUT2D eigenvalue weighted by atomic mass is 19.1. The first-order valence-corrected chi connectivity index (χ1v) is 12.3. The molecule has 3 heterocycles. The summed E-state index contributed by atoms with van der Waals surface area (Å²) in [5.74, 6) is 1.34. The van der Waals surface area contributed by atoms with Gasteiger partial charge in [-0.15, -0.1) is 0 Å². The summed E-state index contributed by atoms with van der Waals surface area (Å²) in [6.45, 7) is 8.92. The quantitative estimate of drug-likeness (QED) is 0.566. The molecule has 2 fully saturated rings. The van der Waals surface area contributed by atoms with Crippen LogP contribution in [0.5, 0.6) is 5.75 Å². The van der Waals surface area contributed by atoms with E-state index in [0.29, 0.717) is 5.92 Å². The van der Waals surface area contributed by atoms with E-state index in [1.165, 1.54) is 36.8 Å². The number of likely N-dealkylation sites (tertiary alicyclic amines) is 1. The lowest BCUT2D eigenvalue weighted by Gasteiger charge is -2.37. The van der Waals surface area contributed by atoms with E-state index in [9.17, 15) is 4.39 Å². The number of hydrogen-bond acceptors (Lipinski definition) is 4. The van der Waals surface area contributed by atoms with Crippen molar-refractivity contribution in [2.24, 2.45) is 0 Å². The first-order chi connectivity index (χ1) is 16.2. The van der Waals surface area contributed by atoms with Gasteiger partial charge in [0.15, 0.2) is 0 Å². The van der Waals surface area contributed by atoms with Crippen LogP contribution in [0.2, 0.25) is 0 Å². The van der Waals surface area contributed by atoms with Gasteiger partial charge in [-0.1, -0.05) is 12.1 Å². The van der Waals surface area contributed by atoms with Crippen molar-refractivity contribution in [1.29, 1.82) is 0 Å². The van der Waals surface area contributed by atoms with Crippen molar-refractivity contribution in [2.75, 3.05) is 64.4 Å². The zero-order valence-corrected chi connectivity index (χ0v) is 19.6. The number of nitrogens with one attached hydrogen (secondary N) is 1. The fraction of sp³-hybridized carbons (Fsp3) is 0.481. The van der Waals surface area contributed by atoms with Crippen LogP contribution in [0.4, 0.5) is 10.1 Å². The number of nitrogens with zero attached hydrogens (tertiary/aromatic N) is 3. The summed E-state index contributed by atoms with van der Waals surface area (Å²) in [4.78, 5) is 11.0. The summed E-state index contributed by atoms with van der Waals surface area (Å²) < 4.78 is 19.3. The highest BCUT2D eigenvalue weighted by molar-refractivity contribution is 5.83. The molecule has 0 atom stereocenters. The Morgan fingerprint density at radius 2 is 1.67 bits per heavy atom. The molecular weight excluding hydrogens is 415 g/mol.